The topological polar surface area (TPSA) is 57.6 Å². The molecule has 1 aromatic carbocycles. The molecule has 31 heavy (non-hydrogen) atoms. The van der Waals surface area contributed by atoms with E-state index in [1.54, 1.807) is 12.4 Å². The standard InChI is InChI=1S/C15H20N4O.C6H5Cl.C4H10/c20-15(17-8-5-12-3-6-16-7-4-12)14-10-19(11-18-14)9-13-1-2-13;7-6-4-2-1-3-5-6;1-4(2)3/h3-4,6-7,11,13-14H,1-2,5,8-10H2,(H,17,20);1-5H;4H,1-3H3. The number of hydrogen-bond donors (Lipinski definition) is 1. The summed E-state index contributed by atoms with van der Waals surface area (Å²) in [4.78, 5) is 22.5. The van der Waals surface area contributed by atoms with Crippen LogP contribution in [0.25, 0.3) is 0 Å². The molecule has 1 aromatic heterocycles. The van der Waals surface area contributed by atoms with E-state index in [1.165, 1.54) is 18.4 Å². The molecule has 0 radical (unpaired) electrons. The second-order valence-corrected chi connectivity index (χ2v) is 9.04. The van der Waals surface area contributed by atoms with E-state index in [0.717, 1.165) is 36.4 Å². The number of aromatic nitrogens is 1. The van der Waals surface area contributed by atoms with Gasteiger partial charge in [0.15, 0.2) is 0 Å². The van der Waals surface area contributed by atoms with Crippen LogP contribution in [0.15, 0.2) is 59.9 Å². The van der Waals surface area contributed by atoms with E-state index in [0.29, 0.717) is 6.54 Å². The van der Waals surface area contributed by atoms with Crippen LogP contribution in [-0.2, 0) is 11.2 Å². The highest BCUT2D eigenvalue weighted by Crippen LogP contribution is 2.30. The third-order valence-corrected chi connectivity index (χ3v) is 4.76. The molecule has 0 bridgehead atoms. The number of carbonyl (C=O) groups excluding carboxylic acids is 1. The Morgan fingerprint density at radius 2 is 1.77 bits per heavy atom. The van der Waals surface area contributed by atoms with Gasteiger partial charge in [0, 0.05) is 30.5 Å². The molecule has 168 valence electrons. The summed E-state index contributed by atoms with van der Waals surface area (Å²) in [7, 11) is 0. The van der Waals surface area contributed by atoms with Crippen LogP contribution >= 0.6 is 11.6 Å². The monoisotopic (exact) mass is 442 g/mol. The average molecular weight is 443 g/mol. The number of rotatable bonds is 6. The van der Waals surface area contributed by atoms with E-state index in [2.05, 4.69) is 41.0 Å². The van der Waals surface area contributed by atoms with Crippen LogP contribution in [0.3, 0.4) is 0 Å². The Morgan fingerprint density at radius 3 is 2.32 bits per heavy atom. The molecule has 1 aliphatic heterocycles. The van der Waals surface area contributed by atoms with Gasteiger partial charge in [-0.15, -0.1) is 0 Å². The molecule has 1 atom stereocenters. The lowest BCUT2D eigenvalue weighted by Gasteiger charge is -2.15. The lowest BCUT2D eigenvalue weighted by molar-refractivity contribution is -0.122. The maximum atomic E-state index is 12.0. The summed E-state index contributed by atoms with van der Waals surface area (Å²) in [6, 6.07) is 13.2. The largest absolute Gasteiger partial charge is 0.360 e. The second kappa shape index (κ2) is 13.8. The molecule has 6 heteroatoms. The first-order chi connectivity index (χ1) is 14.9. The van der Waals surface area contributed by atoms with Gasteiger partial charge >= 0.3 is 0 Å². The van der Waals surface area contributed by atoms with Crippen molar-refractivity contribution in [1.29, 1.82) is 0 Å². The van der Waals surface area contributed by atoms with Crippen molar-refractivity contribution in [2.24, 2.45) is 16.8 Å². The number of hydrogen-bond acceptors (Lipinski definition) is 4. The van der Waals surface area contributed by atoms with Gasteiger partial charge in [-0.05, 0) is 60.9 Å². The smallest absolute Gasteiger partial charge is 0.246 e. The highest BCUT2D eigenvalue weighted by atomic mass is 35.5. The summed E-state index contributed by atoms with van der Waals surface area (Å²) in [5.41, 5.74) is 1.19. The third kappa shape index (κ3) is 11.5. The molecule has 2 aliphatic rings. The fourth-order valence-corrected chi connectivity index (χ4v) is 2.95. The molecule has 2 aromatic rings. The van der Waals surface area contributed by atoms with Gasteiger partial charge in [0.2, 0.25) is 5.91 Å². The number of nitrogens with one attached hydrogen (secondary N) is 1. The van der Waals surface area contributed by atoms with Gasteiger partial charge in [0.05, 0.1) is 12.9 Å². The van der Waals surface area contributed by atoms with Crippen molar-refractivity contribution in [2.75, 3.05) is 19.6 Å². The van der Waals surface area contributed by atoms with Crippen molar-refractivity contribution in [1.82, 2.24) is 15.2 Å². The van der Waals surface area contributed by atoms with Crippen LogP contribution in [0, 0.1) is 11.8 Å². The lowest BCUT2D eigenvalue weighted by atomic mass is 10.2. The average Bonchev–Trinajstić information content (AvgIpc) is 3.43. The Kier molecular flexibility index (Phi) is 11.1. The third-order valence-electron chi connectivity index (χ3n) is 4.51. The molecule has 0 saturated heterocycles. The summed E-state index contributed by atoms with van der Waals surface area (Å²) in [5, 5.41) is 3.76. The minimum atomic E-state index is -0.230. The van der Waals surface area contributed by atoms with Gasteiger partial charge in [-0.1, -0.05) is 50.6 Å². The van der Waals surface area contributed by atoms with Gasteiger partial charge in [0.25, 0.3) is 0 Å². The number of benzene rings is 1. The van der Waals surface area contributed by atoms with Crippen LogP contribution in [0.1, 0.15) is 39.2 Å². The van der Waals surface area contributed by atoms with Crippen LogP contribution in [-0.4, -0.2) is 47.8 Å². The number of pyridine rings is 1. The van der Waals surface area contributed by atoms with Crippen molar-refractivity contribution in [3.8, 4) is 0 Å². The van der Waals surface area contributed by atoms with Crippen molar-refractivity contribution in [2.45, 2.75) is 46.1 Å². The summed E-state index contributed by atoms with van der Waals surface area (Å²) in [6.45, 7) is 8.94. The molecule has 1 N–H and O–H groups in total. The minimum absolute atomic E-state index is 0.0357. The summed E-state index contributed by atoms with van der Waals surface area (Å²) >= 11 is 5.54. The predicted octanol–water partition coefficient (Wildman–Crippen LogP) is 4.87. The summed E-state index contributed by atoms with van der Waals surface area (Å²) < 4.78 is 0. The normalized spacial score (nSPS) is 16.8. The fraction of sp³-hybridized carbons (Fsp3) is 0.480. The summed E-state index contributed by atoms with van der Waals surface area (Å²) in [6.07, 6.45) is 8.87. The lowest BCUT2D eigenvalue weighted by Crippen LogP contribution is -2.38. The number of amides is 1. The molecule has 0 spiro atoms. The van der Waals surface area contributed by atoms with Crippen molar-refractivity contribution in [3.05, 3.63) is 65.4 Å². The molecular formula is C25H35ClN4O. The van der Waals surface area contributed by atoms with Crippen molar-refractivity contribution >= 4 is 23.8 Å². The maximum absolute atomic E-state index is 12.0. The Hall–Kier alpha value is -2.40. The van der Waals surface area contributed by atoms with Crippen molar-refractivity contribution in [3.63, 3.8) is 0 Å². The number of halogens is 1. The van der Waals surface area contributed by atoms with E-state index in [4.69, 9.17) is 11.6 Å². The van der Waals surface area contributed by atoms with Crippen molar-refractivity contribution < 1.29 is 4.79 Å². The molecule has 1 fully saturated rings. The van der Waals surface area contributed by atoms with Gasteiger partial charge in [0.1, 0.15) is 6.04 Å². The fourth-order valence-electron chi connectivity index (χ4n) is 2.81. The molecule has 1 unspecified atom stereocenters. The minimum Gasteiger partial charge on any atom is -0.360 e. The van der Waals surface area contributed by atoms with E-state index < -0.39 is 0 Å². The van der Waals surface area contributed by atoms with E-state index in [9.17, 15) is 4.79 Å². The van der Waals surface area contributed by atoms with E-state index >= 15 is 0 Å². The molecule has 5 nitrogen and oxygen atoms in total. The molecular weight excluding hydrogens is 408 g/mol. The molecule has 2 heterocycles. The first-order valence-corrected chi connectivity index (χ1v) is 11.5. The summed E-state index contributed by atoms with van der Waals surface area (Å²) in [5.74, 6) is 1.70. The van der Waals surface area contributed by atoms with Crippen LogP contribution < -0.4 is 5.32 Å². The second-order valence-electron chi connectivity index (χ2n) is 8.60. The zero-order chi connectivity index (χ0) is 22.5. The highest BCUT2D eigenvalue weighted by Gasteiger charge is 2.29. The van der Waals surface area contributed by atoms with Gasteiger partial charge in [-0.3, -0.25) is 14.8 Å². The molecule has 1 amide bonds. The number of nitrogens with zero attached hydrogens (tertiary/aromatic N) is 3. The zero-order valence-electron chi connectivity index (χ0n) is 18.9. The van der Waals surface area contributed by atoms with Gasteiger partial charge in [-0.2, -0.15) is 0 Å². The molecule has 4 rings (SSSR count). The number of carbonyl (C=O) groups is 1. The maximum Gasteiger partial charge on any atom is 0.246 e. The first-order valence-electron chi connectivity index (χ1n) is 11.1. The highest BCUT2D eigenvalue weighted by molar-refractivity contribution is 6.30. The Morgan fingerprint density at radius 1 is 1.13 bits per heavy atom. The van der Waals surface area contributed by atoms with Gasteiger partial charge < -0.3 is 10.2 Å². The Balaban J connectivity index is 0.000000256. The van der Waals surface area contributed by atoms with E-state index in [1.807, 2.05) is 48.8 Å². The Bertz CT molecular complexity index is 776. The molecule has 1 aliphatic carbocycles. The zero-order valence-corrected chi connectivity index (χ0v) is 19.6. The van der Waals surface area contributed by atoms with E-state index in [-0.39, 0.29) is 11.9 Å². The quantitative estimate of drug-likeness (QED) is 0.694. The first kappa shape index (κ1) is 24.9. The van der Waals surface area contributed by atoms with Crippen LogP contribution in [0.5, 0.6) is 0 Å². The predicted molar refractivity (Wildman–Crippen MR) is 129 cm³/mol. The molecule has 1 saturated carbocycles. The SMILES string of the molecule is CC(C)C.Clc1ccccc1.O=C(NCCc1ccncc1)C1CN(CC2CC2)C=N1. The van der Waals surface area contributed by atoms with Crippen LogP contribution in [0.4, 0.5) is 0 Å². The Labute approximate surface area is 191 Å². The number of aliphatic imine (C=N–C) groups is 1. The van der Waals surface area contributed by atoms with Gasteiger partial charge in [-0.25, -0.2) is 0 Å². The van der Waals surface area contributed by atoms with Crippen LogP contribution in [0.2, 0.25) is 5.02 Å².